The summed E-state index contributed by atoms with van der Waals surface area (Å²) in [7, 11) is 1.52. The molecule has 0 radical (unpaired) electrons. The summed E-state index contributed by atoms with van der Waals surface area (Å²) in [6.45, 7) is 1.42. The maximum absolute atomic E-state index is 12.7. The molecular weight excluding hydrogens is 316 g/mol. The van der Waals surface area contributed by atoms with Crippen LogP contribution >= 0.6 is 0 Å². The number of carbonyl (C=O) groups is 2. The fourth-order valence-electron chi connectivity index (χ4n) is 2.69. The molecule has 0 aliphatic rings. The molecule has 0 unspecified atom stereocenters. The number of ether oxygens (including phenoxy) is 1. The molecule has 5 heteroatoms. The van der Waals surface area contributed by atoms with Crippen LogP contribution in [0.5, 0.6) is 5.75 Å². The normalized spacial score (nSPS) is 10.3. The van der Waals surface area contributed by atoms with Crippen LogP contribution in [0.3, 0.4) is 0 Å². The molecule has 0 atom stereocenters. The monoisotopic (exact) mass is 334 g/mol. The van der Waals surface area contributed by atoms with E-state index in [9.17, 15) is 9.59 Å². The summed E-state index contributed by atoms with van der Waals surface area (Å²) in [5.74, 6) is 0.102. The van der Waals surface area contributed by atoms with Gasteiger partial charge in [-0.15, -0.1) is 0 Å². The van der Waals surface area contributed by atoms with Crippen LogP contribution in [0.15, 0.2) is 60.7 Å². The van der Waals surface area contributed by atoms with Gasteiger partial charge < -0.3 is 15.4 Å². The Kier molecular flexibility index (Phi) is 4.66. The third kappa shape index (κ3) is 3.61. The molecule has 0 bridgehead atoms. The molecule has 3 aromatic rings. The molecule has 0 aliphatic carbocycles. The van der Waals surface area contributed by atoms with Gasteiger partial charge in [0.15, 0.2) is 0 Å². The van der Waals surface area contributed by atoms with Gasteiger partial charge in [-0.05, 0) is 35.0 Å². The van der Waals surface area contributed by atoms with Gasteiger partial charge in [-0.25, -0.2) is 0 Å². The van der Waals surface area contributed by atoms with E-state index in [1.807, 2.05) is 36.4 Å². The first-order chi connectivity index (χ1) is 12.1. The van der Waals surface area contributed by atoms with Gasteiger partial charge in [0, 0.05) is 18.2 Å². The van der Waals surface area contributed by atoms with Gasteiger partial charge >= 0.3 is 0 Å². The lowest BCUT2D eigenvalue weighted by Gasteiger charge is -2.12. The van der Waals surface area contributed by atoms with Crippen LogP contribution in [0.2, 0.25) is 0 Å². The van der Waals surface area contributed by atoms with Crippen molar-refractivity contribution >= 4 is 34.0 Å². The van der Waals surface area contributed by atoms with Crippen molar-refractivity contribution in [2.75, 3.05) is 17.7 Å². The summed E-state index contributed by atoms with van der Waals surface area (Å²) < 4.78 is 5.22. The molecule has 25 heavy (non-hydrogen) atoms. The average molecular weight is 334 g/mol. The van der Waals surface area contributed by atoms with Crippen molar-refractivity contribution in [3.63, 3.8) is 0 Å². The fraction of sp³-hybridized carbons (Fsp3) is 0.100. The van der Waals surface area contributed by atoms with Gasteiger partial charge in [0.2, 0.25) is 5.91 Å². The standard InChI is InChI=1S/C20H18N2O3/c1-13(23)21-18-12-15(10-11-19(18)25-2)22-20(24)17-9-5-7-14-6-3-4-8-16(14)17/h3-12H,1-2H3,(H,21,23)(H,22,24). The molecule has 2 N–H and O–H groups in total. The molecule has 2 amide bonds. The SMILES string of the molecule is COc1ccc(NC(=O)c2cccc3ccccc23)cc1NC(C)=O. The van der Waals surface area contributed by atoms with E-state index >= 15 is 0 Å². The lowest BCUT2D eigenvalue weighted by atomic mass is 10.0. The number of nitrogens with one attached hydrogen (secondary N) is 2. The van der Waals surface area contributed by atoms with Crippen molar-refractivity contribution in [2.24, 2.45) is 0 Å². The predicted molar refractivity (Wildman–Crippen MR) is 99.2 cm³/mol. The lowest BCUT2D eigenvalue weighted by molar-refractivity contribution is -0.114. The number of anilines is 2. The second kappa shape index (κ2) is 7.05. The van der Waals surface area contributed by atoms with Crippen LogP contribution in [0.1, 0.15) is 17.3 Å². The predicted octanol–water partition coefficient (Wildman–Crippen LogP) is 4.06. The van der Waals surface area contributed by atoms with Gasteiger partial charge in [0.05, 0.1) is 12.8 Å². The topological polar surface area (TPSA) is 67.4 Å². The summed E-state index contributed by atoms with van der Waals surface area (Å²) in [5, 5.41) is 7.45. The zero-order chi connectivity index (χ0) is 17.8. The zero-order valence-electron chi connectivity index (χ0n) is 14.0. The molecule has 126 valence electrons. The van der Waals surface area contributed by atoms with Crippen molar-refractivity contribution < 1.29 is 14.3 Å². The molecule has 0 saturated carbocycles. The minimum absolute atomic E-state index is 0.212. The zero-order valence-corrected chi connectivity index (χ0v) is 14.0. The number of amides is 2. The van der Waals surface area contributed by atoms with Crippen LogP contribution in [0, 0.1) is 0 Å². The molecule has 0 fully saturated rings. The van der Waals surface area contributed by atoms with Gasteiger partial charge in [0.25, 0.3) is 5.91 Å². The first-order valence-electron chi connectivity index (χ1n) is 7.83. The third-order valence-corrected chi connectivity index (χ3v) is 3.80. The average Bonchev–Trinajstić information content (AvgIpc) is 2.61. The van der Waals surface area contributed by atoms with Gasteiger partial charge in [0.1, 0.15) is 5.75 Å². The molecule has 5 nitrogen and oxygen atoms in total. The molecule has 0 aliphatic heterocycles. The lowest BCUT2D eigenvalue weighted by Crippen LogP contribution is -2.13. The van der Waals surface area contributed by atoms with E-state index in [0.29, 0.717) is 22.7 Å². The van der Waals surface area contributed by atoms with Crippen LogP contribution in [0.25, 0.3) is 10.8 Å². The van der Waals surface area contributed by atoms with E-state index in [0.717, 1.165) is 10.8 Å². The van der Waals surface area contributed by atoms with Crippen molar-refractivity contribution in [1.82, 2.24) is 0 Å². The number of benzene rings is 3. The number of hydrogen-bond acceptors (Lipinski definition) is 3. The van der Waals surface area contributed by atoms with E-state index in [2.05, 4.69) is 10.6 Å². The van der Waals surface area contributed by atoms with Crippen LogP contribution < -0.4 is 15.4 Å². The maximum atomic E-state index is 12.7. The Morgan fingerprint density at radius 3 is 2.44 bits per heavy atom. The van der Waals surface area contributed by atoms with E-state index in [1.165, 1.54) is 14.0 Å². The minimum atomic E-state index is -0.212. The largest absolute Gasteiger partial charge is 0.495 e. The minimum Gasteiger partial charge on any atom is -0.495 e. The van der Waals surface area contributed by atoms with Crippen molar-refractivity contribution in [1.29, 1.82) is 0 Å². The van der Waals surface area contributed by atoms with Crippen LogP contribution in [-0.4, -0.2) is 18.9 Å². The van der Waals surface area contributed by atoms with E-state index in [1.54, 1.807) is 24.3 Å². The summed E-state index contributed by atoms with van der Waals surface area (Å²) in [6, 6.07) is 18.4. The van der Waals surface area contributed by atoms with Crippen molar-refractivity contribution in [2.45, 2.75) is 6.92 Å². The first kappa shape index (κ1) is 16.5. The Morgan fingerprint density at radius 2 is 1.68 bits per heavy atom. The Morgan fingerprint density at radius 1 is 0.920 bits per heavy atom. The number of methoxy groups -OCH3 is 1. The van der Waals surface area contributed by atoms with Gasteiger partial charge in [-0.1, -0.05) is 36.4 Å². The summed E-state index contributed by atoms with van der Waals surface area (Å²) in [4.78, 5) is 24.0. The molecule has 0 spiro atoms. The second-order valence-electron chi connectivity index (χ2n) is 5.58. The molecular formula is C20H18N2O3. The molecule has 0 saturated heterocycles. The summed E-state index contributed by atoms with van der Waals surface area (Å²) >= 11 is 0. The smallest absolute Gasteiger partial charge is 0.256 e. The Labute approximate surface area is 145 Å². The van der Waals surface area contributed by atoms with Gasteiger partial charge in [-0.3, -0.25) is 9.59 Å². The number of rotatable bonds is 4. The second-order valence-corrected chi connectivity index (χ2v) is 5.58. The highest BCUT2D eigenvalue weighted by atomic mass is 16.5. The van der Waals surface area contributed by atoms with E-state index in [4.69, 9.17) is 4.74 Å². The van der Waals surface area contributed by atoms with Crippen LogP contribution in [0.4, 0.5) is 11.4 Å². The van der Waals surface area contributed by atoms with E-state index < -0.39 is 0 Å². The van der Waals surface area contributed by atoms with Gasteiger partial charge in [-0.2, -0.15) is 0 Å². The Balaban J connectivity index is 1.91. The molecule has 3 rings (SSSR count). The molecule has 3 aromatic carbocycles. The maximum Gasteiger partial charge on any atom is 0.256 e. The number of hydrogen-bond donors (Lipinski definition) is 2. The number of fused-ring (bicyclic) bond motifs is 1. The third-order valence-electron chi connectivity index (χ3n) is 3.80. The summed E-state index contributed by atoms with van der Waals surface area (Å²) in [5.41, 5.74) is 1.67. The highest BCUT2D eigenvalue weighted by Gasteiger charge is 2.12. The fourth-order valence-corrected chi connectivity index (χ4v) is 2.69. The highest BCUT2D eigenvalue weighted by molar-refractivity contribution is 6.13. The van der Waals surface area contributed by atoms with Crippen LogP contribution in [-0.2, 0) is 4.79 Å². The highest BCUT2D eigenvalue weighted by Crippen LogP contribution is 2.28. The Hall–Kier alpha value is -3.34. The van der Waals surface area contributed by atoms with Crippen molar-refractivity contribution in [3.8, 4) is 5.75 Å². The summed E-state index contributed by atoms with van der Waals surface area (Å²) in [6.07, 6.45) is 0. The first-order valence-corrected chi connectivity index (χ1v) is 7.83. The molecule has 0 heterocycles. The van der Waals surface area contributed by atoms with Crippen molar-refractivity contribution in [3.05, 3.63) is 66.2 Å². The Bertz CT molecular complexity index is 945. The van der Waals surface area contributed by atoms with E-state index in [-0.39, 0.29) is 11.8 Å². The molecule has 0 aromatic heterocycles. The number of carbonyl (C=O) groups excluding carboxylic acids is 2. The quantitative estimate of drug-likeness (QED) is 0.756.